The van der Waals surface area contributed by atoms with Crippen molar-refractivity contribution in [2.45, 2.75) is 26.3 Å². The van der Waals surface area contributed by atoms with Gasteiger partial charge in [-0.1, -0.05) is 36.7 Å². The highest BCUT2D eigenvalue weighted by Crippen LogP contribution is 2.35. The zero-order valence-corrected chi connectivity index (χ0v) is 14.2. The Kier molecular flexibility index (Phi) is 5.46. The first kappa shape index (κ1) is 15.0. The average Bonchev–Trinajstić information content (AvgIpc) is 2.71. The Morgan fingerprint density at radius 3 is 2.63 bits per heavy atom. The molecule has 2 rings (SSSR count). The van der Waals surface area contributed by atoms with E-state index in [4.69, 9.17) is 11.6 Å². The summed E-state index contributed by atoms with van der Waals surface area (Å²) in [7, 11) is 0. The summed E-state index contributed by atoms with van der Waals surface area (Å²) in [6.07, 6.45) is 1.10. The first-order valence-electron chi connectivity index (χ1n) is 6.37. The van der Waals surface area contributed by atoms with Gasteiger partial charge in [0.2, 0.25) is 0 Å². The Morgan fingerprint density at radius 2 is 2.05 bits per heavy atom. The Labute approximate surface area is 132 Å². The molecule has 0 radical (unpaired) electrons. The lowest BCUT2D eigenvalue weighted by atomic mass is 9.99. The number of rotatable bonds is 5. The molecule has 2 aromatic rings. The minimum atomic E-state index is 0.163. The molecule has 0 fully saturated rings. The van der Waals surface area contributed by atoms with Crippen LogP contribution in [-0.4, -0.2) is 6.54 Å². The van der Waals surface area contributed by atoms with Gasteiger partial charge in [-0.3, -0.25) is 0 Å². The van der Waals surface area contributed by atoms with Crippen LogP contribution in [0.2, 0.25) is 5.02 Å². The number of hydrogen-bond donors (Lipinski definition) is 1. The van der Waals surface area contributed by atoms with Crippen LogP contribution in [0.15, 0.2) is 34.1 Å². The largest absolute Gasteiger partial charge is 0.306 e. The van der Waals surface area contributed by atoms with E-state index in [0.29, 0.717) is 0 Å². The van der Waals surface area contributed by atoms with Gasteiger partial charge in [0.1, 0.15) is 0 Å². The predicted octanol–water partition coefficient (Wildman–Crippen LogP) is 5.56. The highest BCUT2D eigenvalue weighted by atomic mass is 79.9. The first-order chi connectivity index (χ1) is 9.13. The maximum atomic E-state index is 6.36. The van der Waals surface area contributed by atoms with Crippen LogP contribution < -0.4 is 5.32 Å². The summed E-state index contributed by atoms with van der Waals surface area (Å²) in [6, 6.07) is 10.4. The zero-order chi connectivity index (χ0) is 13.8. The van der Waals surface area contributed by atoms with E-state index in [1.807, 2.05) is 18.2 Å². The lowest BCUT2D eigenvalue weighted by Crippen LogP contribution is -2.23. The fourth-order valence-electron chi connectivity index (χ4n) is 2.13. The Balaban J connectivity index is 2.41. The highest BCUT2D eigenvalue weighted by Gasteiger charge is 2.19. The van der Waals surface area contributed by atoms with E-state index < -0.39 is 0 Å². The molecule has 0 aliphatic heterocycles. The van der Waals surface area contributed by atoms with Crippen molar-refractivity contribution in [3.8, 4) is 0 Å². The van der Waals surface area contributed by atoms with Gasteiger partial charge in [0.15, 0.2) is 0 Å². The van der Waals surface area contributed by atoms with E-state index in [0.717, 1.165) is 27.3 Å². The fourth-order valence-corrected chi connectivity index (χ4v) is 4.12. The molecule has 1 N–H and O–H groups in total. The third-order valence-corrected chi connectivity index (χ3v) is 4.97. The molecule has 4 heteroatoms. The summed E-state index contributed by atoms with van der Waals surface area (Å²) < 4.78 is 1.16. The van der Waals surface area contributed by atoms with Crippen LogP contribution in [0.1, 0.15) is 35.4 Å². The molecule has 0 spiro atoms. The number of benzene rings is 1. The molecular formula is C15H17BrClNS. The molecule has 1 nitrogen and oxygen atoms in total. The average molecular weight is 359 g/mol. The maximum Gasteiger partial charge on any atom is 0.0704 e. The van der Waals surface area contributed by atoms with Crippen molar-refractivity contribution >= 4 is 38.9 Å². The van der Waals surface area contributed by atoms with Crippen molar-refractivity contribution in [2.75, 3.05) is 6.54 Å². The van der Waals surface area contributed by atoms with Gasteiger partial charge in [-0.2, -0.15) is 0 Å². The van der Waals surface area contributed by atoms with E-state index in [-0.39, 0.29) is 6.04 Å². The van der Waals surface area contributed by atoms with Crippen LogP contribution in [0.3, 0.4) is 0 Å². The molecule has 0 aliphatic rings. The highest BCUT2D eigenvalue weighted by molar-refractivity contribution is 9.11. The Morgan fingerprint density at radius 1 is 1.32 bits per heavy atom. The first-order valence-corrected chi connectivity index (χ1v) is 8.36. The summed E-state index contributed by atoms with van der Waals surface area (Å²) in [6.45, 7) is 5.30. The molecule has 1 unspecified atom stereocenters. The number of halogens is 2. The van der Waals surface area contributed by atoms with E-state index in [1.54, 1.807) is 11.3 Å². The molecule has 19 heavy (non-hydrogen) atoms. The zero-order valence-electron chi connectivity index (χ0n) is 11.0. The van der Waals surface area contributed by atoms with Gasteiger partial charge < -0.3 is 5.32 Å². The standard InChI is InChI=1S/C15H17BrClNS/c1-3-8-18-15(11-6-4-5-7-13(11)17)12-9-14(16)19-10(12)2/h4-7,9,15,18H,3,8H2,1-2H3. The second-order valence-corrected chi connectivity index (χ2v) is 7.51. The number of hydrogen-bond acceptors (Lipinski definition) is 2. The molecule has 0 bridgehead atoms. The molecule has 0 saturated heterocycles. The molecule has 102 valence electrons. The summed E-state index contributed by atoms with van der Waals surface area (Å²) in [5, 5.41) is 4.42. The van der Waals surface area contributed by atoms with E-state index in [2.05, 4.69) is 47.2 Å². The van der Waals surface area contributed by atoms with Crippen LogP contribution in [0.5, 0.6) is 0 Å². The number of thiophene rings is 1. The van der Waals surface area contributed by atoms with Gasteiger partial charge in [-0.15, -0.1) is 11.3 Å². The third kappa shape index (κ3) is 3.60. The van der Waals surface area contributed by atoms with Crippen molar-refractivity contribution in [2.24, 2.45) is 0 Å². The Bertz CT molecular complexity index is 553. The van der Waals surface area contributed by atoms with Crippen molar-refractivity contribution < 1.29 is 0 Å². The van der Waals surface area contributed by atoms with Crippen LogP contribution >= 0.6 is 38.9 Å². The quantitative estimate of drug-likeness (QED) is 0.737. The number of aryl methyl sites for hydroxylation is 1. The van der Waals surface area contributed by atoms with E-state index >= 15 is 0 Å². The Hall–Kier alpha value is -0.350. The monoisotopic (exact) mass is 357 g/mol. The second-order valence-electron chi connectivity index (χ2n) is 4.47. The molecular weight excluding hydrogens is 342 g/mol. The van der Waals surface area contributed by atoms with Gasteiger partial charge in [0.05, 0.1) is 9.83 Å². The van der Waals surface area contributed by atoms with Gasteiger partial charge >= 0.3 is 0 Å². The van der Waals surface area contributed by atoms with Crippen molar-refractivity contribution in [1.82, 2.24) is 5.32 Å². The lowest BCUT2D eigenvalue weighted by Gasteiger charge is -2.20. The molecule has 1 heterocycles. The van der Waals surface area contributed by atoms with Gasteiger partial charge in [0, 0.05) is 9.90 Å². The van der Waals surface area contributed by atoms with Crippen LogP contribution in [0, 0.1) is 6.92 Å². The predicted molar refractivity (Wildman–Crippen MR) is 88.3 cm³/mol. The summed E-state index contributed by atoms with van der Waals surface area (Å²) in [5.74, 6) is 0. The van der Waals surface area contributed by atoms with Crippen LogP contribution in [0.4, 0.5) is 0 Å². The fraction of sp³-hybridized carbons (Fsp3) is 0.333. The minimum Gasteiger partial charge on any atom is -0.306 e. The molecule has 0 amide bonds. The SMILES string of the molecule is CCCNC(c1ccccc1Cl)c1cc(Br)sc1C. The topological polar surface area (TPSA) is 12.0 Å². The summed E-state index contributed by atoms with van der Waals surface area (Å²) in [4.78, 5) is 1.32. The van der Waals surface area contributed by atoms with Gasteiger partial charge in [0.25, 0.3) is 0 Å². The van der Waals surface area contributed by atoms with E-state index in [1.165, 1.54) is 10.4 Å². The van der Waals surface area contributed by atoms with Crippen LogP contribution in [-0.2, 0) is 0 Å². The molecule has 0 saturated carbocycles. The van der Waals surface area contributed by atoms with Gasteiger partial charge in [-0.05, 0) is 59.1 Å². The third-order valence-electron chi connectivity index (χ3n) is 3.05. The van der Waals surface area contributed by atoms with Crippen molar-refractivity contribution in [3.63, 3.8) is 0 Å². The van der Waals surface area contributed by atoms with Crippen molar-refractivity contribution in [3.05, 3.63) is 55.1 Å². The summed E-state index contributed by atoms with van der Waals surface area (Å²) >= 11 is 11.7. The molecule has 0 aliphatic carbocycles. The molecule has 1 aromatic carbocycles. The van der Waals surface area contributed by atoms with Crippen molar-refractivity contribution in [1.29, 1.82) is 0 Å². The number of nitrogens with one attached hydrogen (secondary N) is 1. The normalized spacial score (nSPS) is 12.6. The maximum absolute atomic E-state index is 6.36. The lowest BCUT2D eigenvalue weighted by molar-refractivity contribution is 0.598. The van der Waals surface area contributed by atoms with E-state index in [9.17, 15) is 0 Å². The second kappa shape index (κ2) is 6.89. The minimum absolute atomic E-state index is 0.163. The molecule has 1 aromatic heterocycles. The summed E-state index contributed by atoms with van der Waals surface area (Å²) in [5.41, 5.74) is 2.45. The molecule has 1 atom stereocenters. The van der Waals surface area contributed by atoms with Gasteiger partial charge in [-0.25, -0.2) is 0 Å². The smallest absolute Gasteiger partial charge is 0.0704 e. The van der Waals surface area contributed by atoms with Crippen LogP contribution in [0.25, 0.3) is 0 Å².